The second kappa shape index (κ2) is 22.0. The molecule has 2 aromatic carbocycles. The van der Waals surface area contributed by atoms with E-state index >= 15 is 0 Å². The molecule has 18 nitrogen and oxygen atoms in total. The number of piperazine rings is 1. The number of fused-ring (bicyclic) bond motifs is 13. The van der Waals surface area contributed by atoms with Crippen molar-refractivity contribution in [2.75, 3.05) is 58.2 Å². The monoisotopic (exact) mass is 1030 g/mol. The molecular weight excluding hydrogens is 949 g/mol. The summed E-state index contributed by atoms with van der Waals surface area (Å²) in [5.74, 6) is -6.26. The Morgan fingerprint density at radius 3 is 2.18 bits per heavy atom. The largest absolute Gasteiger partial charge is 0.507 e. The number of phenolic OH excluding ortho intramolecular Hbond substituents is 2. The van der Waals surface area contributed by atoms with Crippen LogP contribution in [0.1, 0.15) is 116 Å². The third-order valence-corrected chi connectivity index (χ3v) is 16.7. The van der Waals surface area contributed by atoms with Crippen molar-refractivity contribution in [2.24, 2.45) is 45.5 Å². The number of allylic oxidation sites excluding steroid dienone is 2. The number of amides is 3. The molecule has 1 saturated carbocycles. The summed E-state index contributed by atoms with van der Waals surface area (Å²) >= 11 is 0. The number of rotatable bonds is 5. The number of hydrogen-bond donors (Lipinski definition) is 5. The van der Waals surface area contributed by atoms with Crippen LogP contribution in [0.2, 0.25) is 0 Å². The van der Waals surface area contributed by atoms with Crippen LogP contribution in [0.3, 0.4) is 0 Å². The average Bonchev–Trinajstić information content (AvgIpc) is 3.89. The van der Waals surface area contributed by atoms with Gasteiger partial charge in [-0.25, -0.2) is 9.79 Å². The summed E-state index contributed by atoms with van der Waals surface area (Å²) in [7, 11) is 1.48. The molecule has 2 saturated heterocycles. The zero-order valence-corrected chi connectivity index (χ0v) is 44.9. The Hall–Kier alpha value is -5.56. The number of hydrogen-bond acceptors (Lipinski definition) is 15. The quantitative estimate of drug-likeness (QED) is 0.215. The van der Waals surface area contributed by atoms with Gasteiger partial charge in [-0.05, 0) is 38.7 Å². The number of methoxy groups -OCH3 is 1. The summed E-state index contributed by atoms with van der Waals surface area (Å²) in [5, 5.41) is 51.6. The third-order valence-electron chi connectivity index (χ3n) is 16.7. The number of likely N-dealkylation sites (tertiary alicyclic amines) is 1. The minimum absolute atomic E-state index is 0.0145. The number of ether oxygens (including phenoxy) is 4. The van der Waals surface area contributed by atoms with Crippen LogP contribution in [0.15, 0.2) is 46.1 Å². The molecule has 5 bridgehead atoms. The predicted molar refractivity (Wildman–Crippen MR) is 277 cm³/mol. The van der Waals surface area contributed by atoms with E-state index in [4.69, 9.17) is 23.9 Å². The van der Waals surface area contributed by atoms with Gasteiger partial charge in [0.1, 0.15) is 34.0 Å². The van der Waals surface area contributed by atoms with Gasteiger partial charge in [0.25, 0.3) is 11.7 Å². The first kappa shape index (κ1) is 54.7. The van der Waals surface area contributed by atoms with Crippen molar-refractivity contribution in [3.63, 3.8) is 0 Å². The molecule has 1 spiro atoms. The third kappa shape index (κ3) is 10.5. The van der Waals surface area contributed by atoms with Gasteiger partial charge in [-0.3, -0.25) is 19.4 Å². The van der Waals surface area contributed by atoms with Crippen LogP contribution in [0.4, 0.5) is 10.5 Å². The molecular formula is C56H78N6O12. The Labute approximate surface area is 434 Å². The highest BCUT2D eigenvalue weighted by molar-refractivity contribution is 6.21. The number of nitrogens with one attached hydrogen (secondary N) is 1. The Morgan fingerprint density at radius 2 is 1.53 bits per heavy atom. The summed E-state index contributed by atoms with van der Waals surface area (Å²) in [6.07, 6.45) is 9.15. The zero-order chi connectivity index (χ0) is 53.6. The van der Waals surface area contributed by atoms with E-state index in [1.165, 1.54) is 20.3 Å². The van der Waals surface area contributed by atoms with Gasteiger partial charge in [0.2, 0.25) is 5.91 Å². The molecule has 0 radical (unpaired) electrons. The van der Waals surface area contributed by atoms with Gasteiger partial charge in [0.05, 0.1) is 41.2 Å². The molecule has 404 valence electrons. The maximum absolute atomic E-state index is 15.0. The zero-order valence-electron chi connectivity index (χ0n) is 44.9. The fraction of sp³-hybridized carbons (Fsp3) is 0.643. The molecule has 18 heteroatoms. The van der Waals surface area contributed by atoms with Crippen LogP contribution in [-0.4, -0.2) is 148 Å². The van der Waals surface area contributed by atoms with Gasteiger partial charge in [-0.15, -0.1) is 0 Å². The lowest BCUT2D eigenvalue weighted by molar-refractivity contribution is -0.138. The van der Waals surface area contributed by atoms with Crippen molar-refractivity contribution < 1.29 is 58.6 Å². The number of nitrogens with zero attached hydrogens (tertiary/aromatic N) is 5. The van der Waals surface area contributed by atoms with Crippen molar-refractivity contribution in [2.45, 2.75) is 143 Å². The van der Waals surface area contributed by atoms with Crippen molar-refractivity contribution in [3.8, 4) is 17.2 Å². The Morgan fingerprint density at radius 1 is 0.865 bits per heavy atom. The van der Waals surface area contributed by atoms with Gasteiger partial charge in [-0.1, -0.05) is 79.0 Å². The van der Waals surface area contributed by atoms with Crippen molar-refractivity contribution >= 4 is 40.2 Å². The van der Waals surface area contributed by atoms with Gasteiger partial charge in [-0.2, -0.15) is 0 Å². The summed E-state index contributed by atoms with van der Waals surface area (Å²) in [6, 6.07) is 0. The molecule has 2 aromatic rings. The number of aliphatic hydroxyl groups excluding tert-OH is 2. The molecule has 3 amide bonds. The molecule has 0 aromatic heterocycles. The molecule has 9 atom stereocenters. The molecule has 6 heterocycles. The van der Waals surface area contributed by atoms with Crippen molar-refractivity contribution in [3.05, 3.63) is 58.0 Å². The number of ketones is 1. The molecule has 5 N–H and O–H groups in total. The number of benzene rings is 2. The average molecular weight is 1030 g/mol. The molecule has 3 fully saturated rings. The van der Waals surface area contributed by atoms with Gasteiger partial charge in [0, 0.05) is 119 Å². The first-order chi connectivity index (χ1) is 35.1. The van der Waals surface area contributed by atoms with Crippen LogP contribution in [0.5, 0.6) is 17.2 Å². The van der Waals surface area contributed by atoms with Crippen molar-refractivity contribution in [1.82, 2.24) is 14.7 Å². The van der Waals surface area contributed by atoms with E-state index in [1.54, 1.807) is 63.8 Å². The number of Topliss-reactive ketones (excluding diaryl/α,β-unsaturated/α-hetero) is 1. The second-order valence-electron chi connectivity index (χ2n) is 22.4. The lowest BCUT2D eigenvalue weighted by Gasteiger charge is -2.40. The first-order valence-corrected chi connectivity index (χ1v) is 26.7. The summed E-state index contributed by atoms with van der Waals surface area (Å²) < 4.78 is 25.0. The summed E-state index contributed by atoms with van der Waals surface area (Å²) in [6.45, 7) is 19.6. The van der Waals surface area contributed by atoms with Crippen molar-refractivity contribution in [1.29, 1.82) is 0 Å². The molecule has 74 heavy (non-hydrogen) atoms. The van der Waals surface area contributed by atoms with E-state index in [1.807, 2.05) is 11.8 Å². The van der Waals surface area contributed by atoms with Crippen LogP contribution >= 0.6 is 0 Å². The number of piperidine rings is 1. The van der Waals surface area contributed by atoms with E-state index in [0.717, 1.165) is 38.6 Å². The SMILES string of the molecule is CO[C@H]1/C=C/O[C@@]2(C)Oc3c(C)c(O)c4c(O)c(c5c(c4c3C2=O)NC2(CCN(CC(C)C)CC2)N=5)=NC(=O)/C(C)=C\C=C\[C@H](C)[C@H](O)[C@@H](C)[C@@H](O)[C@@H](C)[C@H](OC(=O)N2CCN(C(=O)C3CCCCC3)CC2)[C@@H]1C. The molecule has 7 aliphatic rings. The number of aliphatic hydroxyl groups is 2. The first-order valence-electron chi connectivity index (χ1n) is 26.7. The van der Waals surface area contributed by atoms with E-state index in [2.05, 4.69) is 29.1 Å². The van der Waals surface area contributed by atoms with Crippen LogP contribution in [0, 0.1) is 42.4 Å². The van der Waals surface area contributed by atoms with E-state index in [0.29, 0.717) is 50.6 Å². The highest BCUT2D eigenvalue weighted by Gasteiger charge is 2.51. The van der Waals surface area contributed by atoms with Gasteiger partial charge < -0.3 is 59.4 Å². The smallest absolute Gasteiger partial charge is 0.410 e. The fourth-order valence-corrected chi connectivity index (χ4v) is 12.0. The van der Waals surface area contributed by atoms with Gasteiger partial charge in [0.15, 0.2) is 5.75 Å². The number of carbonyl (C=O) groups excluding carboxylic acids is 4. The normalized spacial score (nSPS) is 31.8. The summed E-state index contributed by atoms with van der Waals surface area (Å²) in [5.41, 5.74) is -0.179. The highest BCUT2D eigenvalue weighted by Crippen LogP contribution is 2.51. The predicted octanol–water partition coefficient (Wildman–Crippen LogP) is 6.05. The molecule has 6 aliphatic heterocycles. The van der Waals surface area contributed by atoms with E-state index in [-0.39, 0.29) is 74.6 Å². The Kier molecular flexibility index (Phi) is 16.2. The number of aromatic hydroxyl groups is 2. The maximum atomic E-state index is 15.0. The lowest BCUT2D eigenvalue weighted by atomic mass is 9.78. The minimum atomic E-state index is -2.00. The Bertz CT molecular complexity index is 2720. The van der Waals surface area contributed by atoms with Crippen LogP contribution < -0.4 is 20.8 Å². The summed E-state index contributed by atoms with van der Waals surface area (Å²) in [4.78, 5) is 71.9. The number of phenols is 2. The number of carbonyl (C=O) groups is 4. The fourth-order valence-electron chi connectivity index (χ4n) is 12.0. The number of anilines is 1. The minimum Gasteiger partial charge on any atom is -0.507 e. The topological polar surface area (TPSA) is 233 Å². The van der Waals surface area contributed by atoms with Gasteiger partial charge >= 0.3 is 11.9 Å². The lowest BCUT2D eigenvalue weighted by Crippen LogP contribution is -2.54. The molecule has 0 unspecified atom stereocenters. The van der Waals surface area contributed by atoms with E-state index < -0.39 is 83.1 Å². The standard InChI is InChI=1S/C56H78N6O12/c1-30(2)29-60-22-20-56(21-23-60)58-42-39-40-47(65)36(8)50-41(39)51(67)55(9,74-50)72-28-19-38(71-10)33(5)49(73-54(70)62-26-24-61(25-27-62)53(69)37-17-12-11-13-18-37)35(7)46(64)34(6)45(63)31(3)15-14-16-32(4)52(68)57-44(48(40)66)43(42)59-56/h14-16,19,28,30-31,33-35,37-38,45-46,49,58,63-66H,11-13,17-18,20-27,29H2,1-10H3/b15-14+,28-19+,32-16-,57-44?/t31-,33+,34+,35+,38-,45-,46+,49+,55-/m0/s1. The molecule has 9 rings (SSSR count). The van der Waals surface area contributed by atoms with Crippen LogP contribution in [0.25, 0.3) is 10.8 Å². The maximum Gasteiger partial charge on any atom is 0.410 e. The second-order valence-corrected chi connectivity index (χ2v) is 22.4. The molecule has 1 aliphatic carbocycles. The van der Waals surface area contributed by atoms with E-state index in [9.17, 15) is 39.6 Å². The highest BCUT2D eigenvalue weighted by atomic mass is 16.7. The van der Waals surface area contributed by atoms with Crippen LogP contribution in [-0.2, 0) is 23.8 Å². The Balaban J connectivity index is 1.17.